The van der Waals surface area contributed by atoms with E-state index in [0.717, 1.165) is 42.7 Å². The van der Waals surface area contributed by atoms with Crippen LogP contribution < -0.4 is 10.2 Å². The van der Waals surface area contributed by atoms with Crippen molar-refractivity contribution in [2.75, 3.05) is 18.0 Å². The van der Waals surface area contributed by atoms with Crippen LogP contribution in [-0.4, -0.2) is 30.1 Å². The van der Waals surface area contributed by atoms with Crippen LogP contribution in [0.3, 0.4) is 0 Å². The lowest BCUT2D eigenvalue weighted by Gasteiger charge is -2.34. The summed E-state index contributed by atoms with van der Waals surface area (Å²) in [7, 11) is 0. The lowest BCUT2D eigenvalue weighted by Crippen LogP contribution is -2.33. The van der Waals surface area contributed by atoms with Crippen LogP contribution in [0.15, 0.2) is 28.8 Å². The zero-order valence-corrected chi connectivity index (χ0v) is 17.1. The van der Waals surface area contributed by atoms with E-state index in [1.54, 1.807) is 12.1 Å². The van der Waals surface area contributed by atoms with Crippen molar-refractivity contribution in [3.63, 3.8) is 0 Å². The summed E-state index contributed by atoms with van der Waals surface area (Å²) in [6, 6.07) is 6.21. The summed E-state index contributed by atoms with van der Waals surface area (Å²) in [4.78, 5) is 26.5. The van der Waals surface area contributed by atoms with Crippen molar-refractivity contribution in [3.05, 3.63) is 57.5 Å². The van der Waals surface area contributed by atoms with Gasteiger partial charge in [0.25, 0.3) is 11.8 Å². The molecular weight excluding hydrogens is 409 g/mol. The summed E-state index contributed by atoms with van der Waals surface area (Å²) in [5, 5.41) is 7.92. The van der Waals surface area contributed by atoms with Gasteiger partial charge in [0, 0.05) is 30.5 Å². The van der Waals surface area contributed by atoms with Gasteiger partial charge >= 0.3 is 0 Å². The predicted octanol–water partition coefficient (Wildman–Crippen LogP) is 4.45. The van der Waals surface area contributed by atoms with Crippen molar-refractivity contribution < 1.29 is 18.5 Å². The predicted molar refractivity (Wildman–Crippen MR) is 111 cm³/mol. The number of carbonyl (C=O) groups excluding carboxylic acids is 2. The summed E-state index contributed by atoms with van der Waals surface area (Å²) in [6.45, 7) is 3.36. The average Bonchev–Trinajstić information content (AvgIpc) is 3.28. The lowest BCUT2D eigenvalue weighted by molar-refractivity contribution is 0.0879. The monoisotopic (exact) mass is 427 g/mol. The second-order valence-corrected chi connectivity index (χ2v) is 8.10. The molecule has 0 saturated carbocycles. The van der Waals surface area contributed by atoms with Crippen LogP contribution in [-0.2, 0) is 6.42 Å². The molecule has 8 heteroatoms. The molecule has 0 radical (unpaired) electrons. The molecule has 1 fully saturated rings. The molecule has 30 heavy (non-hydrogen) atoms. The molecule has 3 heterocycles. The van der Waals surface area contributed by atoms with Crippen molar-refractivity contribution in [1.82, 2.24) is 10.5 Å². The van der Waals surface area contributed by atoms with Gasteiger partial charge in [-0.1, -0.05) is 23.7 Å². The van der Waals surface area contributed by atoms with Gasteiger partial charge < -0.3 is 9.42 Å². The summed E-state index contributed by atoms with van der Waals surface area (Å²) in [6.07, 6.45) is 2.20. The number of benzene rings is 2. The van der Waals surface area contributed by atoms with Gasteiger partial charge in [-0.05, 0) is 43.0 Å². The second-order valence-electron chi connectivity index (χ2n) is 7.72. The molecule has 2 aromatic carbocycles. The topological polar surface area (TPSA) is 75.4 Å². The number of imide groups is 1. The van der Waals surface area contributed by atoms with Crippen LogP contribution in [0.5, 0.6) is 0 Å². The maximum atomic E-state index is 13.4. The molecule has 1 aromatic heterocycles. The number of nitrogens with one attached hydrogen (secondary N) is 1. The summed E-state index contributed by atoms with van der Waals surface area (Å²) in [5.41, 5.74) is 3.58. The normalized spacial score (nSPS) is 17.0. The Bertz CT molecular complexity index is 1200. The van der Waals surface area contributed by atoms with E-state index in [0.29, 0.717) is 33.7 Å². The van der Waals surface area contributed by atoms with Gasteiger partial charge in [-0.15, -0.1) is 0 Å². The highest BCUT2D eigenvalue weighted by Crippen LogP contribution is 2.40. The van der Waals surface area contributed by atoms with Gasteiger partial charge in [-0.25, -0.2) is 4.39 Å². The molecule has 0 spiro atoms. The minimum Gasteiger partial charge on any atom is -0.370 e. The molecular formula is C22H19ClFN3O3. The third kappa shape index (κ3) is 2.88. The first-order chi connectivity index (χ1) is 14.5. The highest BCUT2D eigenvalue weighted by molar-refractivity contribution is 6.36. The quantitative estimate of drug-likeness (QED) is 0.625. The standard InChI is InChI=1S/C22H19ClFN3O3/c1-2-13-18-15(21(28)25-22(18)29)10-16(19(13)23)27-7-5-11(6-8-27)20-14-4-3-12(24)9-17(14)30-26-20/h3-4,9-11H,2,5-8H2,1H3,(H,25,28,29). The zero-order valence-electron chi connectivity index (χ0n) is 16.3. The van der Waals surface area contributed by atoms with Crippen LogP contribution in [0.2, 0.25) is 5.02 Å². The number of anilines is 1. The van der Waals surface area contributed by atoms with Gasteiger partial charge in [0.05, 0.1) is 27.5 Å². The van der Waals surface area contributed by atoms with E-state index in [1.165, 1.54) is 12.1 Å². The van der Waals surface area contributed by atoms with E-state index in [2.05, 4.69) is 15.4 Å². The molecule has 0 unspecified atom stereocenters. The van der Waals surface area contributed by atoms with Gasteiger partial charge in [0.15, 0.2) is 5.58 Å². The number of rotatable bonds is 3. The van der Waals surface area contributed by atoms with Crippen LogP contribution in [0.25, 0.3) is 11.0 Å². The largest absolute Gasteiger partial charge is 0.370 e. The number of hydrogen-bond acceptors (Lipinski definition) is 5. The Kier molecular flexibility index (Phi) is 4.50. The van der Waals surface area contributed by atoms with Crippen molar-refractivity contribution in [2.45, 2.75) is 32.1 Å². The fraction of sp³-hybridized carbons (Fsp3) is 0.318. The highest BCUT2D eigenvalue weighted by atomic mass is 35.5. The molecule has 154 valence electrons. The molecule has 0 atom stereocenters. The van der Waals surface area contributed by atoms with Crippen LogP contribution in [0, 0.1) is 5.82 Å². The number of carbonyl (C=O) groups is 2. The van der Waals surface area contributed by atoms with E-state index >= 15 is 0 Å². The Morgan fingerprint density at radius 2 is 2.00 bits per heavy atom. The van der Waals surface area contributed by atoms with Gasteiger partial charge in [0.2, 0.25) is 0 Å². The Morgan fingerprint density at radius 1 is 1.23 bits per heavy atom. The van der Waals surface area contributed by atoms with Crippen molar-refractivity contribution in [2.24, 2.45) is 0 Å². The Labute approximate surface area is 177 Å². The molecule has 0 aliphatic carbocycles. The summed E-state index contributed by atoms with van der Waals surface area (Å²) in [5.74, 6) is -0.913. The fourth-order valence-electron chi connectivity index (χ4n) is 4.55. The summed E-state index contributed by atoms with van der Waals surface area (Å²) < 4.78 is 18.7. The number of nitrogens with zero attached hydrogens (tertiary/aromatic N) is 2. The maximum absolute atomic E-state index is 13.4. The molecule has 3 aromatic rings. The molecule has 5 rings (SSSR count). The van der Waals surface area contributed by atoms with Gasteiger partial charge in [-0.3, -0.25) is 14.9 Å². The number of hydrogen-bond donors (Lipinski definition) is 1. The molecule has 2 aliphatic heterocycles. The third-order valence-electron chi connectivity index (χ3n) is 6.08. The van der Waals surface area contributed by atoms with E-state index < -0.39 is 0 Å². The summed E-state index contributed by atoms with van der Waals surface area (Å²) >= 11 is 6.67. The number of fused-ring (bicyclic) bond motifs is 2. The smallest absolute Gasteiger partial charge is 0.259 e. The SMILES string of the molecule is CCc1c(Cl)c(N2CCC(c3noc4cc(F)ccc34)CC2)cc2c1C(=O)NC2=O. The Morgan fingerprint density at radius 3 is 2.73 bits per heavy atom. The Hall–Kier alpha value is -2.93. The average molecular weight is 428 g/mol. The molecule has 6 nitrogen and oxygen atoms in total. The van der Waals surface area contributed by atoms with Crippen LogP contribution in [0.1, 0.15) is 57.7 Å². The number of aromatic nitrogens is 1. The van der Waals surface area contributed by atoms with Gasteiger partial charge in [0.1, 0.15) is 5.82 Å². The number of piperidine rings is 1. The molecule has 1 N–H and O–H groups in total. The molecule has 1 saturated heterocycles. The Balaban J connectivity index is 1.43. The van der Waals surface area contributed by atoms with Gasteiger partial charge in [-0.2, -0.15) is 0 Å². The van der Waals surface area contributed by atoms with Crippen LogP contribution >= 0.6 is 11.6 Å². The number of amides is 2. The molecule has 2 aliphatic rings. The van der Waals surface area contributed by atoms with Crippen LogP contribution in [0.4, 0.5) is 10.1 Å². The number of halogens is 2. The highest BCUT2D eigenvalue weighted by Gasteiger charge is 2.34. The molecule has 2 amide bonds. The van der Waals surface area contributed by atoms with E-state index in [9.17, 15) is 14.0 Å². The first kappa shape index (κ1) is 19.1. The first-order valence-corrected chi connectivity index (χ1v) is 10.4. The minimum atomic E-state index is -0.381. The minimum absolute atomic E-state index is 0.191. The molecule has 0 bridgehead atoms. The zero-order chi connectivity index (χ0) is 21.0. The van der Waals surface area contributed by atoms with Crippen molar-refractivity contribution in [1.29, 1.82) is 0 Å². The van der Waals surface area contributed by atoms with Crippen molar-refractivity contribution in [3.8, 4) is 0 Å². The van der Waals surface area contributed by atoms with Crippen molar-refractivity contribution >= 4 is 40.1 Å². The maximum Gasteiger partial charge on any atom is 0.259 e. The third-order valence-corrected chi connectivity index (χ3v) is 6.50. The van der Waals surface area contributed by atoms with E-state index in [4.69, 9.17) is 16.1 Å². The van der Waals surface area contributed by atoms with E-state index in [1.807, 2.05) is 6.92 Å². The lowest BCUT2D eigenvalue weighted by atomic mass is 9.90. The fourth-order valence-corrected chi connectivity index (χ4v) is 4.95. The second kappa shape index (κ2) is 7.09. The first-order valence-electron chi connectivity index (χ1n) is 9.98. The van der Waals surface area contributed by atoms with E-state index in [-0.39, 0.29) is 23.5 Å².